The van der Waals surface area contributed by atoms with Crippen molar-refractivity contribution in [3.63, 3.8) is 0 Å². The van der Waals surface area contributed by atoms with Crippen LogP contribution in [0.3, 0.4) is 0 Å². The second kappa shape index (κ2) is 2.92. The highest BCUT2D eigenvalue weighted by Gasteiger charge is 2.43. The maximum atomic E-state index is 11.5. The van der Waals surface area contributed by atoms with Crippen molar-refractivity contribution in [3.8, 4) is 0 Å². The Kier molecular flexibility index (Phi) is 2.82. The molecule has 11 heavy (non-hydrogen) atoms. The molecule has 65 valence electrons. The lowest BCUT2D eigenvalue weighted by Crippen LogP contribution is -2.35. The average molecular weight is 178 g/mol. The smallest absolute Gasteiger partial charge is 0.445 e. The minimum absolute atomic E-state index is 2.45. The van der Waals surface area contributed by atoms with E-state index in [4.69, 9.17) is 0 Å². The monoisotopic (exact) mass is 178 g/mol. The summed E-state index contributed by atoms with van der Waals surface area (Å²) in [5.41, 5.74) is 0. The van der Waals surface area contributed by atoms with Crippen LogP contribution in [0.5, 0.6) is 0 Å². The van der Waals surface area contributed by atoms with Gasteiger partial charge in [0.15, 0.2) is 0 Å². The normalized spacial score (nSPS) is 16.6. The first-order valence-corrected chi connectivity index (χ1v) is 2.18. The second-order valence-corrected chi connectivity index (χ2v) is 1.54. The van der Waals surface area contributed by atoms with E-state index in [1.165, 1.54) is 0 Å². The quantitative estimate of drug-likeness (QED) is 0.460. The largest absolute Gasteiger partial charge is 0.483 e. The minimum atomic E-state index is -5.48. The Balaban J connectivity index is 3.99. The van der Waals surface area contributed by atoms with E-state index in [1.54, 1.807) is 0 Å². The van der Waals surface area contributed by atoms with Crippen molar-refractivity contribution in [2.75, 3.05) is 0 Å². The molecule has 0 aliphatic heterocycles. The van der Waals surface area contributed by atoms with Gasteiger partial charge in [-0.15, -0.1) is 0 Å². The predicted octanol–water partition coefficient (Wildman–Crippen LogP) is 1.58. The number of alkyl halides is 6. The first-order valence-electron chi connectivity index (χ1n) is 2.18. The maximum Gasteiger partial charge on any atom is 0.445 e. The molecule has 0 aliphatic carbocycles. The van der Waals surface area contributed by atoms with Crippen LogP contribution in [0.4, 0.5) is 26.3 Å². The first kappa shape index (κ1) is 10.6. The van der Waals surface area contributed by atoms with E-state index < -0.39 is 18.5 Å². The molecular formula is C3HBF6O-. The van der Waals surface area contributed by atoms with E-state index in [1.807, 2.05) is 0 Å². The van der Waals surface area contributed by atoms with E-state index in [0.29, 0.717) is 0 Å². The summed E-state index contributed by atoms with van der Waals surface area (Å²) in [5, 5.41) is 0. The van der Waals surface area contributed by atoms with Gasteiger partial charge in [-0.25, -0.2) is 13.2 Å². The van der Waals surface area contributed by atoms with Crippen LogP contribution < -0.4 is 0 Å². The van der Waals surface area contributed by atoms with Gasteiger partial charge in [-0.1, -0.05) is 0 Å². The molecule has 0 amide bonds. The molecule has 0 saturated carbocycles. The van der Waals surface area contributed by atoms with E-state index >= 15 is 0 Å². The second-order valence-electron chi connectivity index (χ2n) is 1.54. The van der Waals surface area contributed by atoms with Crippen molar-refractivity contribution < 1.29 is 31.1 Å². The lowest BCUT2D eigenvalue weighted by atomic mass is 10.1. The molecule has 0 aromatic heterocycles. The third-order valence-corrected chi connectivity index (χ3v) is 0.518. The Morgan fingerprint density at radius 3 is 1.55 bits per heavy atom. The van der Waals surface area contributed by atoms with Gasteiger partial charge in [0.05, 0.1) is 0 Å². The van der Waals surface area contributed by atoms with Gasteiger partial charge in [-0.3, -0.25) is 0 Å². The van der Waals surface area contributed by atoms with Crippen molar-refractivity contribution >= 4 is 7.85 Å². The summed E-state index contributed by atoms with van der Waals surface area (Å²) in [6.45, 7) is 0. The molecule has 8 heteroatoms. The molecule has 0 spiro atoms. The fraction of sp³-hybridized carbons (Fsp3) is 1.00. The van der Waals surface area contributed by atoms with Crippen LogP contribution >= 0.6 is 0 Å². The van der Waals surface area contributed by atoms with Gasteiger partial charge in [0.1, 0.15) is 6.01 Å². The summed E-state index contributed by atoms with van der Waals surface area (Å²) in [5.74, 6) is 0. The number of rotatable bonds is 2. The number of ether oxygens (including phenoxy) is 1. The predicted molar refractivity (Wildman–Crippen MR) is 22.7 cm³/mol. The molecule has 0 bridgehead atoms. The highest BCUT2D eigenvalue weighted by molar-refractivity contribution is 6.12. The molecule has 0 N–H and O–H groups in total. The number of hydrogen-bond donors (Lipinski definition) is 0. The summed E-state index contributed by atoms with van der Waals surface area (Å²) in [6.07, 6.45) is -9.55. The highest BCUT2D eigenvalue weighted by atomic mass is 19.4. The third-order valence-electron chi connectivity index (χ3n) is 0.518. The summed E-state index contributed by atoms with van der Waals surface area (Å²) in [6, 6.07) is -4.62. The van der Waals surface area contributed by atoms with Crippen LogP contribution in [0.25, 0.3) is 0 Å². The molecule has 3 radical (unpaired) electrons. The van der Waals surface area contributed by atoms with Gasteiger partial charge < -0.3 is 12.6 Å². The van der Waals surface area contributed by atoms with Gasteiger partial charge in [-0.05, 0) is 0 Å². The first-order chi connectivity index (χ1) is 4.63. The van der Waals surface area contributed by atoms with Crippen LogP contribution in [0.15, 0.2) is 0 Å². The van der Waals surface area contributed by atoms with Gasteiger partial charge in [0.25, 0.3) is 6.36 Å². The number of hydrogen-bond acceptors (Lipinski definition) is 1. The van der Waals surface area contributed by atoms with Crippen molar-refractivity contribution in [3.05, 3.63) is 0 Å². The fourth-order valence-corrected chi connectivity index (χ4v) is 0.205. The molecule has 1 nitrogen and oxygen atoms in total. The maximum absolute atomic E-state index is 11.5. The fourth-order valence-electron chi connectivity index (χ4n) is 0.205. The van der Waals surface area contributed by atoms with E-state index in [2.05, 4.69) is 12.6 Å². The lowest BCUT2D eigenvalue weighted by Gasteiger charge is -2.27. The molecule has 0 aliphatic rings. The zero-order chi connectivity index (χ0) is 9.28. The van der Waals surface area contributed by atoms with E-state index in [-0.39, 0.29) is 0 Å². The SMILES string of the molecule is [B-]C(F)(F)OC(F)C(F)(F)F. The Hall–Kier alpha value is -0.395. The standard InChI is InChI=1S/C3HBF6O/c4-3(9,10)11-1(5)2(6,7)8/h1H/q-1. The zero-order valence-electron chi connectivity index (χ0n) is 4.83. The topological polar surface area (TPSA) is 9.23 Å². The van der Waals surface area contributed by atoms with Gasteiger partial charge in [0.2, 0.25) is 0 Å². The Bertz CT molecular complexity index is 127. The summed E-state index contributed by atoms with van der Waals surface area (Å²) < 4.78 is 69.9. The molecule has 0 rings (SSSR count). The molecule has 1 atom stereocenters. The molecule has 0 aromatic carbocycles. The van der Waals surface area contributed by atoms with Gasteiger partial charge in [-0.2, -0.15) is 13.2 Å². The van der Waals surface area contributed by atoms with Gasteiger partial charge in [0, 0.05) is 0 Å². The van der Waals surface area contributed by atoms with Crippen LogP contribution in [-0.2, 0) is 4.74 Å². The Labute approximate surface area is 58.7 Å². The zero-order valence-corrected chi connectivity index (χ0v) is 4.83. The summed E-state index contributed by atoms with van der Waals surface area (Å²) in [4.78, 5) is 0. The average Bonchev–Trinajstić information content (AvgIpc) is 1.56. The van der Waals surface area contributed by atoms with Gasteiger partial charge >= 0.3 is 6.18 Å². The van der Waals surface area contributed by atoms with Crippen molar-refractivity contribution in [2.45, 2.75) is 18.5 Å². The van der Waals surface area contributed by atoms with Crippen LogP contribution in [-0.4, -0.2) is 26.4 Å². The van der Waals surface area contributed by atoms with E-state index in [9.17, 15) is 26.3 Å². The molecule has 1 unspecified atom stereocenters. The molecule has 0 saturated heterocycles. The Morgan fingerprint density at radius 2 is 1.45 bits per heavy atom. The third kappa shape index (κ3) is 4.94. The van der Waals surface area contributed by atoms with E-state index in [0.717, 1.165) is 0 Å². The molecular weight excluding hydrogens is 177 g/mol. The van der Waals surface area contributed by atoms with Crippen molar-refractivity contribution in [1.82, 2.24) is 0 Å². The molecule has 0 fully saturated rings. The summed E-state index contributed by atoms with van der Waals surface area (Å²) in [7, 11) is 3.64. The van der Waals surface area contributed by atoms with Crippen LogP contribution in [0.1, 0.15) is 0 Å². The number of halogens is 6. The van der Waals surface area contributed by atoms with Crippen molar-refractivity contribution in [2.24, 2.45) is 0 Å². The lowest BCUT2D eigenvalue weighted by molar-refractivity contribution is -0.328. The molecule has 0 aromatic rings. The van der Waals surface area contributed by atoms with Crippen LogP contribution in [0, 0.1) is 0 Å². The van der Waals surface area contributed by atoms with Crippen LogP contribution in [0.2, 0.25) is 0 Å². The minimum Gasteiger partial charge on any atom is -0.483 e. The van der Waals surface area contributed by atoms with Crippen molar-refractivity contribution in [1.29, 1.82) is 0 Å². The summed E-state index contributed by atoms with van der Waals surface area (Å²) >= 11 is 0. The molecule has 0 heterocycles. The highest BCUT2D eigenvalue weighted by Crippen LogP contribution is 2.27. The Morgan fingerprint density at radius 1 is 1.09 bits per heavy atom.